The van der Waals surface area contributed by atoms with Crippen LogP contribution in [0.5, 0.6) is 0 Å². The summed E-state index contributed by atoms with van der Waals surface area (Å²) in [5.41, 5.74) is 6.04. The Morgan fingerprint density at radius 1 is 1.33 bits per heavy atom. The zero-order chi connectivity index (χ0) is 11.3. The molecule has 2 N–H and O–H groups in total. The molecule has 0 radical (unpaired) electrons. The van der Waals surface area contributed by atoms with Gasteiger partial charge in [0.15, 0.2) is 5.96 Å². The first-order valence-corrected chi connectivity index (χ1v) is 6.25. The van der Waals surface area contributed by atoms with E-state index in [0.29, 0.717) is 12.1 Å². The molecular formula is C12H25N3. The second-order valence-electron chi connectivity index (χ2n) is 4.66. The lowest BCUT2D eigenvalue weighted by Gasteiger charge is -2.34. The molecule has 0 amide bonds. The molecule has 1 saturated carbocycles. The first-order valence-electron chi connectivity index (χ1n) is 6.25. The van der Waals surface area contributed by atoms with Crippen LogP contribution in [0.4, 0.5) is 0 Å². The van der Waals surface area contributed by atoms with Crippen LogP contribution in [0.15, 0.2) is 4.99 Å². The van der Waals surface area contributed by atoms with Crippen LogP contribution in [-0.4, -0.2) is 29.5 Å². The maximum Gasteiger partial charge on any atom is 0.191 e. The number of aliphatic imine (C=N–C) groups is 1. The molecule has 1 fully saturated rings. The molecule has 0 aromatic heterocycles. The Bertz CT molecular complexity index is 205. The molecule has 0 aromatic carbocycles. The van der Waals surface area contributed by atoms with Crippen LogP contribution in [-0.2, 0) is 0 Å². The highest BCUT2D eigenvalue weighted by Crippen LogP contribution is 2.22. The largest absolute Gasteiger partial charge is 0.370 e. The van der Waals surface area contributed by atoms with Crippen molar-refractivity contribution in [2.45, 2.75) is 65.0 Å². The van der Waals surface area contributed by atoms with Crippen LogP contribution in [0.2, 0.25) is 0 Å². The molecule has 88 valence electrons. The van der Waals surface area contributed by atoms with Gasteiger partial charge in [0.25, 0.3) is 0 Å². The summed E-state index contributed by atoms with van der Waals surface area (Å²) in [7, 11) is 0. The summed E-state index contributed by atoms with van der Waals surface area (Å²) in [4.78, 5) is 6.72. The van der Waals surface area contributed by atoms with E-state index >= 15 is 0 Å². The van der Waals surface area contributed by atoms with Gasteiger partial charge >= 0.3 is 0 Å². The average Bonchev–Trinajstić information content (AvgIpc) is 2.19. The van der Waals surface area contributed by atoms with Crippen molar-refractivity contribution in [2.24, 2.45) is 10.7 Å². The molecule has 1 aliphatic rings. The summed E-state index contributed by atoms with van der Waals surface area (Å²) in [5.74, 6) is 0.736. The maximum atomic E-state index is 6.04. The molecule has 3 heteroatoms. The van der Waals surface area contributed by atoms with Gasteiger partial charge in [-0.3, -0.25) is 4.99 Å². The molecule has 15 heavy (non-hydrogen) atoms. The fourth-order valence-electron chi connectivity index (χ4n) is 2.34. The molecule has 0 unspecified atom stereocenters. The highest BCUT2D eigenvalue weighted by Gasteiger charge is 2.21. The fourth-order valence-corrected chi connectivity index (χ4v) is 2.34. The summed E-state index contributed by atoms with van der Waals surface area (Å²) >= 11 is 0. The monoisotopic (exact) mass is 211 g/mol. The summed E-state index contributed by atoms with van der Waals surface area (Å²) in [6.45, 7) is 7.28. The second kappa shape index (κ2) is 5.99. The van der Waals surface area contributed by atoms with E-state index in [1.807, 2.05) is 0 Å². The third kappa shape index (κ3) is 3.73. The Kier molecular flexibility index (Phi) is 4.92. The van der Waals surface area contributed by atoms with Gasteiger partial charge in [-0.2, -0.15) is 0 Å². The molecule has 1 rings (SSSR count). The topological polar surface area (TPSA) is 41.6 Å². The molecule has 0 atom stereocenters. The molecule has 3 nitrogen and oxygen atoms in total. The predicted molar refractivity (Wildman–Crippen MR) is 66.0 cm³/mol. The third-order valence-corrected chi connectivity index (χ3v) is 3.04. The van der Waals surface area contributed by atoms with E-state index in [0.717, 1.165) is 12.5 Å². The van der Waals surface area contributed by atoms with Crippen LogP contribution in [0, 0.1) is 0 Å². The van der Waals surface area contributed by atoms with Crippen LogP contribution < -0.4 is 5.73 Å². The lowest BCUT2D eigenvalue weighted by molar-refractivity contribution is 0.249. The van der Waals surface area contributed by atoms with Crippen molar-refractivity contribution < 1.29 is 0 Å². The smallest absolute Gasteiger partial charge is 0.191 e. The second-order valence-corrected chi connectivity index (χ2v) is 4.66. The summed E-state index contributed by atoms with van der Waals surface area (Å²) in [6.07, 6.45) is 6.63. The van der Waals surface area contributed by atoms with E-state index in [2.05, 4.69) is 30.7 Å². The van der Waals surface area contributed by atoms with Gasteiger partial charge in [-0.15, -0.1) is 0 Å². The SMILES string of the molecule is CCN(C(N)=NC(C)C)C1CCCCC1. The van der Waals surface area contributed by atoms with Gasteiger partial charge < -0.3 is 10.6 Å². The molecular weight excluding hydrogens is 186 g/mol. The Balaban J connectivity index is 2.60. The van der Waals surface area contributed by atoms with E-state index in [1.54, 1.807) is 0 Å². The van der Waals surface area contributed by atoms with Crippen molar-refractivity contribution in [3.8, 4) is 0 Å². The summed E-state index contributed by atoms with van der Waals surface area (Å²) in [5, 5.41) is 0. The normalized spacial score (nSPS) is 19.6. The minimum Gasteiger partial charge on any atom is -0.370 e. The maximum absolute atomic E-state index is 6.04. The lowest BCUT2D eigenvalue weighted by Crippen LogP contribution is -2.45. The minimum atomic E-state index is 0.294. The van der Waals surface area contributed by atoms with Crippen LogP contribution in [0.3, 0.4) is 0 Å². The van der Waals surface area contributed by atoms with Crippen molar-refractivity contribution in [3.63, 3.8) is 0 Å². The van der Waals surface area contributed by atoms with Crippen LogP contribution in [0.1, 0.15) is 52.9 Å². The molecule has 0 heterocycles. The van der Waals surface area contributed by atoms with Gasteiger partial charge in [0.2, 0.25) is 0 Å². The highest BCUT2D eigenvalue weighted by atomic mass is 15.3. The van der Waals surface area contributed by atoms with Gasteiger partial charge in [0.1, 0.15) is 0 Å². The van der Waals surface area contributed by atoms with Crippen molar-refractivity contribution >= 4 is 5.96 Å². The van der Waals surface area contributed by atoms with Crippen LogP contribution in [0.25, 0.3) is 0 Å². The number of hydrogen-bond donors (Lipinski definition) is 1. The Labute approximate surface area is 93.7 Å². The molecule has 0 bridgehead atoms. The predicted octanol–water partition coefficient (Wildman–Crippen LogP) is 2.36. The highest BCUT2D eigenvalue weighted by molar-refractivity contribution is 5.78. The number of rotatable bonds is 3. The summed E-state index contributed by atoms with van der Waals surface area (Å²) in [6, 6.07) is 0.925. The number of guanidine groups is 1. The van der Waals surface area contributed by atoms with Gasteiger partial charge in [-0.05, 0) is 33.6 Å². The Morgan fingerprint density at radius 2 is 1.93 bits per heavy atom. The zero-order valence-electron chi connectivity index (χ0n) is 10.4. The van der Waals surface area contributed by atoms with E-state index in [4.69, 9.17) is 5.73 Å². The van der Waals surface area contributed by atoms with Crippen molar-refractivity contribution in [1.29, 1.82) is 0 Å². The lowest BCUT2D eigenvalue weighted by atomic mass is 9.94. The average molecular weight is 211 g/mol. The van der Waals surface area contributed by atoms with E-state index in [1.165, 1.54) is 32.1 Å². The van der Waals surface area contributed by atoms with Gasteiger partial charge in [0.05, 0.1) is 0 Å². The first-order chi connectivity index (χ1) is 7.15. The van der Waals surface area contributed by atoms with Crippen molar-refractivity contribution in [1.82, 2.24) is 4.90 Å². The van der Waals surface area contributed by atoms with Crippen molar-refractivity contribution in [2.75, 3.05) is 6.54 Å². The number of hydrogen-bond acceptors (Lipinski definition) is 1. The quantitative estimate of drug-likeness (QED) is 0.575. The third-order valence-electron chi connectivity index (χ3n) is 3.04. The van der Waals surface area contributed by atoms with Gasteiger partial charge in [-0.1, -0.05) is 19.3 Å². The number of nitrogens with two attached hydrogens (primary N) is 1. The molecule has 0 aromatic rings. The van der Waals surface area contributed by atoms with E-state index in [9.17, 15) is 0 Å². The molecule has 0 spiro atoms. The van der Waals surface area contributed by atoms with Crippen molar-refractivity contribution in [3.05, 3.63) is 0 Å². The van der Waals surface area contributed by atoms with E-state index in [-0.39, 0.29) is 0 Å². The van der Waals surface area contributed by atoms with Crippen LogP contribution >= 0.6 is 0 Å². The van der Waals surface area contributed by atoms with E-state index < -0.39 is 0 Å². The minimum absolute atomic E-state index is 0.294. The molecule has 1 aliphatic carbocycles. The summed E-state index contributed by atoms with van der Waals surface area (Å²) < 4.78 is 0. The fraction of sp³-hybridized carbons (Fsp3) is 0.917. The molecule has 0 saturated heterocycles. The first kappa shape index (κ1) is 12.3. The standard InChI is InChI=1S/C12H25N3/c1-4-15(12(13)14-10(2)3)11-8-6-5-7-9-11/h10-11H,4-9H2,1-3H3,(H2,13,14). The number of nitrogens with zero attached hydrogens (tertiary/aromatic N) is 2. The molecule has 0 aliphatic heterocycles. The van der Waals surface area contributed by atoms with Gasteiger partial charge in [-0.25, -0.2) is 0 Å². The Morgan fingerprint density at radius 3 is 2.40 bits per heavy atom. The van der Waals surface area contributed by atoms with Gasteiger partial charge in [0, 0.05) is 18.6 Å². The zero-order valence-corrected chi connectivity index (χ0v) is 10.4. The Hall–Kier alpha value is -0.730.